The Bertz CT molecular complexity index is 464. The molecular formula is C18H23N. The molecule has 0 saturated heterocycles. The van der Waals surface area contributed by atoms with Gasteiger partial charge >= 0.3 is 0 Å². The van der Waals surface area contributed by atoms with Gasteiger partial charge in [-0.2, -0.15) is 0 Å². The maximum absolute atomic E-state index is 3.62. The molecule has 2 aromatic carbocycles. The fourth-order valence-corrected chi connectivity index (χ4v) is 2.63. The van der Waals surface area contributed by atoms with Gasteiger partial charge in [-0.25, -0.2) is 0 Å². The summed E-state index contributed by atoms with van der Waals surface area (Å²) in [7, 11) is 0. The molecule has 19 heavy (non-hydrogen) atoms. The van der Waals surface area contributed by atoms with Gasteiger partial charge in [-0.15, -0.1) is 0 Å². The van der Waals surface area contributed by atoms with Gasteiger partial charge < -0.3 is 5.32 Å². The van der Waals surface area contributed by atoms with Crippen LogP contribution in [-0.4, -0.2) is 6.54 Å². The minimum atomic E-state index is 0.423. The third-order valence-corrected chi connectivity index (χ3v) is 3.55. The highest BCUT2D eigenvalue weighted by Gasteiger charge is 2.18. The predicted molar refractivity (Wildman–Crippen MR) is 82.2 cm³/mol. The zero-order valence-corrected chi connectivity index (χ0v) is 11.8. The third-order valence-electron chi connectivity index (χ3n) is 3.55. The monoisotopic (exact) mass is 253 g/mol. The highest BCUT2D eigenvalue weighted by Crippen LogP contribution is 2.24. The van der Waals surface area contributed by atoms with Crippen molar-refractivity contribution >= 4 is 0 Å². The van der Waals surface area contributed by atoms with Gasteiger partial charge in [0, 0.05) is 6.04 Å². The van der Waals surface area contributed by atoms with Crippen LogP contribution in [0, 0.1) is 5.92 Å². The van der Waals surface area contributed by atoms with Crippen molar-refractivity contribution in [3.8, 4) is 0 Å². The summed E-state index contributed by atoms with van der Waals surface area (Å²) < 4.78 is 0. The van der Waals surface area contributed by atoms with Crippen molar-refractivity contribution in [2.75, 3.05) is 6.54 Å². The van der Waals surface area contributed by atoms with E-state index in [2.05, 4.69) is 79.8 Å². The first-order valence-corrected chi connectivity index (χ1v) is 7.13. The zero-order valence-electron chi connectivity index (χ0n) is 11.8. The Kier molecular flexibility index (Phi) is 5.17. The van der Waals surface area contributed by atoms with Crippen LogP contribution in [0.5, 0.6) is 0 Å². The molecule has 2 unspecified atom stereocenters. The summed E-state index contributed by atoms with van der Waals surface area (Å²) in [6.45, 7) is 5.50. The maximum atomic E-state index is 3.62. The summed E-state index contributed by atoms with van der Waals surface area (Å²) in [6, 6.07) is 21.9. The second kappa shape index (κ2) is 7.10. The maximum Gasteiger partial charge on any atom is 0.0349 e. The molecular weight excluding hydrogens is 230 g/mol. The fourth-order valence-electron chi connectivity index (χ4n) is 2.63. The van der Waals surface area contributed by atoms with E-state index in [1.54, 1.807) is 0 Å². The number of hydrogen-bond donors (Lipinski definition) is 1. The topological polar surface area (TPSA) is 12.0 Å². The van der Waals surface area contributed by atoms with Crippen LogP contribution < -0.4 is 5.32 Å². The second-order valence-corrected chi connectivity index (χ2v) is 5.11. The molecule has 0 radical (unpaired) electrons. The summed E-state index contributed by atoms with van der Waals surface area (Å²) in [6.07, 6.45) is 1.10. The van der Waals surface area contributed by atoms with Crippen LogP contribution >= 0.6 is 0 Å². The smallest absolute Gasteiger partial charge is 0.0349 e. The average Bonchev–Trinajstić information content (AvgIpc) is 2.46. The summed E-state index contributed by atoms with van der Waals surface area (Å²) in [5, 5.41) is 3.62. The van der Waals surface area contributed by atoms with Crippen LogP contribution in [0.3, 0.4) is 0 Å². The van der Waals surface area contributed by atoms with E-state index < -0.39 is 0 Å². The standard InChI is InChI=1S/C18H23N/c1-3-19-18(17-12-8-5-9-13-17)15(2)14-16-10-6-4-7-11-16/h4-13,15,18-19H,3,14H2,1-2H3. The fraction of sp³-hybridized carbons (Fsp3) is 0.333. The minimum Gasteiger partial charge on any atom is -0.310 e. The molecule has 0 bridgehead atoms. The Morgan fingerprint density at radius 2 is 1.47 bits per heavy atom. The van der Waals surface area contributed by atoms with Crippen LogP contribution in [0.25, 0.3) is 0 Å². The van der Waals surface area contributed by atoms with E-state index in [4.69, 9.17) is 0 Å². The SMILES string of the molecule is CCNC(c1ccccc1)C(C)Cc1ccccc1. The van der Waals surface area contributed by atoms with E-state index in [9.17, 15) is 0 Å². The Morgan fingerprint density at radius 3 is 2.05 bits per heavy atom. The summed E-state index contributed by atoms with van der Waals surface area (Å²) in [5.74, 6) is 0.574. The van der Waals surface area contributed by atoms with E-state index >= 15 is 0 Å². The van der Waals surface area contributed by atoms with Crippen molar-refractivity contribution in [2.45, 2.75) is 26.3 Å². The lowest BCUT2D eigenvalue weighted by Crippen LogP contribution is -2.27. The van der Waals surface area contributed by atoms with Gasteiger partial charge in [-0.3, -0.25) is 0 Å². The molecule has 1 heteroatoms. The van der Waals surface area contributed by atoms with Crippen molar-refractivity contribution in [1.82, 2.24) is 5.32 Å². The normalized spacial score (nSPS) is 14.0. The van der Waals surface area contributed by atoms with Gasteiger partial charge in [0.2, 0.25) is 0 Å². The molecule has 0 aliphatic rings. The van der Waals surface area contributed by atoms with Gasteiger partial charge in [-0.05, 0) is 30.0 Å². The van der Waals surface area contributed by atoms with Crippen molar-refractivity contribution < 1.29 is 0 Å². The highest BCUT2D eigenvalue weighted by atomic mass is 14.9. The van der Waals surface area contributed by atoms with Crippen LogP contribution in [0.4, 0.5) is 0 Å². The lowest BCUT2D eigenvalue weighted by molar-refractivity contribution is 0.391. The van der Waals surface area contributed by atoms with E-state index in [0.29, 0.717) is 12.0 Å². The molecule has 0 aliphatic heterocycles. The first-order chi connectivity index (χ1) is 9.31. The Balaban J connectivity index is 2.11. The van der Waals surface area contributed by atoms with Crippen molar-refractivity contribution in [2.24, 2.45) is 5.92 Å². The van der Waals surface area contributed by atoms with Crippen LogP contribution in [-0.2, 0) is 6.42 Å². The van der Waals surface area contributed by atoms with E-state index in [1.807, 2.05) is 0 Å². The Hall–Kier alpha value is -1.60. The van der Waals surface area contributed by atoms with Gasteiger partial charge in [-0.1, -0.05) is 74.5 Å². The first kappa shape index (κ1) is 13.8. The first-order valence-electron chi connectivity index (χ1n) is 7.13. The summed E-state index contributed by atoms with van der Waals surface area (Å²) >= 11 is 0. The molecule has 0 fully saturated rings. The van der Waals surface area contributed by atoms with Crippen molar-refractivity contribution in [3.63, 3.8) is 0 Å². The lowest BCUT2D eigenvalue weighted by Gasteiger charge is -2.25. The van der Waals surface area contributed by atoms with Gasteiger partial charge in [0.05, 0.1) is 0 Å². The third kappa shape index (κ3) is 3.93. The second-order valence-electron chi connectivity index (χ2n) is 5.11. The van der Waals surface area contributed by atoms with Crippen molar-refractivity contribution in [3.05, 3.63) is 71.8 Å². The molecule has 2 aromatic rings. The molecule has 0 saturated carbocycles. The van der Waals surface area contributed by atoms with Crippen LogP contribution in [0.15, 0.2) is 60.7 Å². The molecule has 0 aromatic heterocycles. The number of nitrogens with one attached hydrogen (secondary N) is 1. The zero-order chi connectivity index (χ0) is 13.5. The largest absolute Gasteiger partial charge is 0.310 e. The molecule has 2 atom stereocenters. The molecule has 1 nitrogen and oxygen atoms in total. The Morgan fingerprint density at radius 1 is 0.895 bits per heavy atom. The molecule has 2 rings (SSSR count). The van der Waals surface area contributed by atoms with E-state index in [0.717, 1.165) is 13.0 Å². The van der Waals surface area contributed by atoms with Gasteiger partial charge in [0.25, 0.3) is 0 Å². The molecule has 0 aliphatic carbocycles. The van der Waals surface area contributed by atoms with Gasteiger partial charge in [0.15, 0.2) is 0 Å². The predicted octanol–water partition coefficient (Wildman–Crippen LogP) is 4.22. The molecule has 0 spiro atoms. The molecule has 0 amide bonds. The number of rotatable bonds is 6. The summed E-state index contributed by atoms with van der Waals surface area (Å²) in [5.41, 5.74) is 2.79. The van der Waals surface area contributed by atoms with Crippen LogP contribution in [0.2, 0.25) is 0 Å². The van der Waals surface area contributed by atoms with E-state index in [-0.39, 0.29) is 0 Å². The number of hydrogen-bond acceptors (Lipinski definition) is 1. The Labute approximate surface area is 116 Å². The van der Waals surface area contributed by atoms with Crippen molar-refractivity contribution in [1.29, 1.82) is 0 Å². The lowest BCUT2D eigenvalue weighted by atomic mass is 9.89. The highest BCUT2D eigenvalue weighted by molar-refractivity contribution is 5.21. The quantitative estimate of drug-likeness (QED) is 0.813. The minimum absolute atomic E-state index is 0.423. The van der Waals surface area contributed by atoms with Gasteiger partial charge in [0.1, 0.15) is 0 Å². The number of benzene rings is 2. The molecule has 100 valence electrons. The average molecular weight is 253 g/mol. The molecule has 0 heterocycles. The summed E-state index contributed by atoms with van der Waals surface area (Å²) in [4.78, 5) is 0. The van der Waals surface area contributed by atoms with E-state index in [1.165, 1.54) is 11.1 Å². The van der Waals surface area contributed by atoms with Crippen LogP contribution in [0.1, 0.15) is 31.0 Å². The molecule has 1 N–H and O–H groups in total.